The third-order valence-electron chi connectivity index (χ3n) is 7.40. The van der Waals surface area contributed by atoms with Crippen LogP contribution in [0.3, 0.4) is 0 Å². The van der Waals surface area contributed by atoms with Crippen molar-refractivity contribution in [2.75, 3.05) is 7.11 Å². The van der Waals surface area contributed by atoms with E-state index in [1.807, 2.05) is 30.3 Å². The Labute approximate surface area is 211 Å². The standard InChI is InChI=1S/C29H35N5O2/c1-36-17-25-24-14-9-19(28(31)32)15-26(24)34(16-20-7-4-6-18-5-2-3-8-23(18)20)27(25)29(35)33-22-12-10-21(30)11-13-22/h2-9,14-15,21-22,28H,10-13,16-17,30-32H2,1H3,(H,33,35). The number of nitrogens with one attached hydrogen (secondary N) is 1. The van der Waals surface area contributed by atoms with Gasteiger partial charge in [0, 0.05) is 42.2 Å². The van der Waals surface area contributed by atoms with Crippen LogP contribution < -0.4 is 22.5 Å². The summed E-state index contributed by atoms with van der Waals surface area (Å²) in [5, 5.41) is 6.59. The molecule has 1 aliphatic rings. The molecule has 1 heterocycles. The monoisotopic (exact) mass is 485 g/mol. The van der Waals surface area contributed by atoms with Crippen LogP contribution in [0.4, 0.5) is 0 Å². The van der Waals surface area contributed by atoms with Crippen molar-refractivity contribution in [3.8, 4) is 0 Å². The first-order valence-electron chi connectivity index (χ1n) is 12.6. The molecule has 7 nitrogen and oxygen atoms in total. The molecule has 0 radical (unpaired) electrons. The van der Waals surface area contributed by atoms with Crippen molar-refractivity contribution in [2.24, 2.45) is 17.2 Å². The van der Waals surface area contributed by atoms with Crippen molar-refractivity contribution < 1.29 is 9.53 Å². The molecule has 5 rings (SSSR count). The van der Waals surface area contributed by atoms with E-state index in [9.17, 15) is 4.79 Å². The first-order valence-corrected chi connectivity index (χ1v) is 12.6. The molecule has 0 spiro atoms. The lowest BCUT2D eigenvalue weighted by molar-refractivity contribution is 0.0912. The highest BCUT2D eigenvalue weighted by atomic mass is 16.5. The first-order chi connectivity index (χ1) is 17.5. The summed E-state index contributed by atoms with van der Waals surface area (Å²) in [4.78, 5) is 13.9. The molecule has 1 fully saturated rings. The molecule has 0 atom stereocenters. The van der Waals surface area contributed by atoms with Crippen molar-refractivity contribution in [3.05, 3.63) is 83.0 Å². The summed E-state index contributed by atoms with van der Waals surface area (Å²) in [5.41, 5.74) is 22.5. The Hall–Kier alpha value is -3.23. The number of benzene rings is 3. The lowest BCUT2D eigenvalue weighted by Gasteiger charge is -2.27. The Morgan fingerprint density at radius 2 is 1.78 bits per heavy atom. The third kappa shape index (κ3) is 4.75. The largest absolute Gasteiger partial charge is 0.380 e. The van der Waals surface area contributed by atoms with Gasteiger partial charge in [-0.1, -0.05) is 54.6 Å². The normalized spacial score (nSPS) is 18.2. The van der Waals surface area contributed by atoms with Crippen LogP contribution in [0.25, 0.3) is 21.7 Å². The van der Waals surface area contributed by atoms with Crippen molar-refractivity contribution in [2.45, 2.75) is 57.1 Å². The zero-order valence-corrected chi connectivity index (χ0v) is 20.7. The molecule has 1 saturated carbocycles. The maximum atomic E-state index is 13.9. The van der Waals surface area contributed by atoms with Crippen LogP contribution in [0, 0.1) is 0 Å². The van der Waals surface area contributed by atoms with E-state index < -0.39 is 6.17 Å². The fourth-order valence-electron chi connectivity index (χ4n) is 5.48. The molecule has 3 aromatic carbocycles. The van der Waals surface area contributed by atoms with E-state index >= 15 is 0 Å². The Kier molecular flexibility index (Phi) is 7.07. The lowest BCUT2D eigenvalue weighted by Crippen LogP contribution is -2.41. The second-order valence-electron chi connectivity index (χ2n) is 9.87. The van der Waals surface area contributed by atoms with Crippen LogP contribution in [-0.4, -0.2) is 29.7 Å². The number of ether oxygens (including phenoxy) is 1. The summed E-state index contributed by atoms with van der Waals surface area (Å²) in [6.07, 6.45) is 3.02. The summed E-state index contributed by atoms with van der Waals surface area (Å²) in [6, 6.07) is 20.9. The Morgan fingerprint density at radius 3 is 2.53 bits per heavy atom. The number of nitrogens with zero attached hydrogens (tertiary/aromatic N) is 1. The fourth-order valence-corrected chi connectivity index (χ4v) is 5.48. The average molecular weight is 486 g/mol. The van der Waals surface area contributed by atoms with Gasteiger partial charge in [0.05, 0.1) is 12.8 Å². The maximum Gasteiger partial charge on any atom is 0.268 e. The summed E-state index contributed by atoms with van der Waals surface area (Å²) < 4.78 is 7.68. The van der Waals surface area contributed by atoms with E-state index in [1.165, 1.54) is 0 Å². The average Bonchev–Trinajstić information content (AvgIpc) is 3.18. The minimum Gasteiger partial charge on any atom is -0.380 e. The molecular weight excluding hydrogens is 450 g/mol. The second kappa shape index (κ2) is 10.4. The molecule has 0 unspecified atom stereocenters. The number of hydrogen-bond acceptors (Lipinski definition) is 5. The number of methoxy groups -OCH3 is 1. The van der Waals surface area contributed by atoms with Crippen molar-refractivity contribution >= 4 is 27.6 Å². The lowest BCUT2D eigenvalue weighted by atomic mass is 9.91. The van der Waals surface area contributed by atoms with Gasteiger partial charge in [-0.15, -0.1) is 0 Å². The van der Waals surface area contributed by atoms with Crippen molar-refractivity contribution in [3.63, 3.8) is 0 Å². The van der Waals surface area contributed by atoms with Crippen LogP contribution in [-0.2, 0) is 17.9 Å². The van der Waals surface area contributed by atoms with Crippen LogP contribution in [0.15, 0.2) is 60.7 Å². The van der Waals surface area contributed by atoms with Crippen LogP contribution in [0.2, 0.25) is 0 Å². The van der Waals surface area contributed by atoms with Gasteiger partial charge in [-0.25, -0.2) is 0 Å². The minimum absolute atomic E-state index is 0.0856. The van der Waals surface area contributed by atoms with E-state index in [2.05, 4.69) is 40.2 Å². The zero-order chi connectivity index (χ0) is 25.2. The Balaban J connectivity index is 1.65. The summed E-state index contributed by atoms with van der Waals surface area (Å²) >= 11 is 0. The molecule has 1 aromatic heterocycles. The van der Waals surface area contributed by atoms with Crippen molar-refractivity contribution in [1.82, 2.24) is 9.88 Å². The molecule has 1 amide bonds. The highest BCUT2D eigenvalue weighted by Gasteiger charge is 2.27. The predicted molar refractivity (Wildman–Crippen MR) is 145 cm³/mol. The number of carbonyl (C=O) groups is 1. The van der Waals surface area contributed by atoms with Crippen LogP contribution in [0.1, 0.15) is 59.0 Å². The van der Waals surface area contributed by atoms with Gasteiger partial charge in [0.25, 0.3) is 5.91 Å². The number of hydrogen-bond donors (Lipinski definition) is 4. The Bertz CT molecular complexity index is 1380. The summed E-state index contributed by atoms with van der Waals surface area (Å²) in [6.45, 7) is 0.856. The third-order valence-corrected chi connectivity index (χ3v) is 7.40. The highest BCUT2D eigenvalue weighted by molar-refractivity contribution is 6.02. The molecule has 7 heteroatoms. The molecule has 0 aliphatic heterocycles. The zero-order valence-electron chi connectivity index (χ0n) is 20.7. The van der Waals surface area contributed by atoms with Gasteiger partial charge in [0.1, 0.15) is 5.69 Å². The quantitative estimate of drug-likeness (QED) is 0.296. The minimum atomic E-state index is -0.607. The van der Waals surface area contributed by atoms with E-state index in [1.54, 1.807) is 7.11 Å². The first kappa shape index (κ1) is 24.5. The summed E-state index contributed by atoms with van der Waals surface area (Å²) in [7, 11) is 1.66. The van der Waals surface area contributed by atoms with E-state index in [4.69, 9.17) is 21.9 Å². The van der Waals surface area contributed by atoms with Crippen molar-refractivity contribution in [1.29, 1.82) is 0 Å². The van der Waals surface area contributed by atoms with Gasteiger partial charge < -0.3 is 31.8 Å². The molecule has 0 saturated heterocycles. The smallest absolute Gasteiger partial charge is 0.268 e. The Morgan fingerprint density at radius 1 is 1.03 bits per heavy atom. The second-order valence-corrected chi connectivity index (χ2v) is 9.87. The molecule has 7 N–H and O–H groups in total. The molecule has 0 bridgehead atoms. The van der Waals surface area contributed by atoms with Crippen LogP contribution in [0.5, 0.6) is 0 Å². The summed E-state index contributed by atoms with van der Waals surface area (Å²) in [5.74, 6) is -0.0856. The van der Waals surface area contributed by atoms with Gasteiger partial charge >= 0.3 is 0 Å². The number of amides is 1. The van der Waals surface area contributed by atoms with Gasteiger partial charge in [0.2, 0.25) is 0 Å². The van der Waals surface area contributed by atoms with Gasteiger partial charge in [-0.2, -0.15) is 0 Å². The number of nitrogens with two attached hydrogens (primary N) is 3. The number of rotatable bonds is 7. The van der Waals surface area contributed by atoms with E-state index in [0.29, 0.717) is 18.8 Å². The van der Waals surface area contributed by atoms with E-state index in [-0.39, 0.29) is 18.0 Å². The van der Waals surface area contributed by atoms with E-state index in [0.717, 1.165) is 64.0 Å². The van der Waals surface area contributed by atoms with Crippen LogP contribution >= 0.6 is 0 Å². The topological polar surface area (TPSA) is 121 Å². The van der Waals surface area contributed by atoms with Gasteiger partial charge in [-0.05, 0) is 53.6 Å². The number of fused-ring (bicyclic) bond motifs is 2. The molecule has 36 heavy (non-hydrogen) atoms. The maximum absolute atomic E-state index is 13.9. The molecule has 4 aromatic rings. The number of carbonyl (C=O) groups excluding carboxylic acids is 1. The fraction of sp³-hybridized carbons (Fsp3) is 0.345. The molecule has 188 valence electrons. The number of aromatic nitrogens is 1. The van der Waals surface area contributed by atoms with Gasteiger partial charge in [-0.3, -0.25) is 4.79 Å². The molecule has 1 aliphatic carbocycles. The van der Waals surface area contributed by atoms with Gasteiger partial charge in [0.15, 0.2) is 0 Å². The SMILES string of the molecule is COCc1c(C(=O)NC2CCC(N)CC2)n(Cc2cccc3ccccc23)c2cc(C(N)N)ccc12. The highest BCUT2D eigenvalue weighted by Crippen LogP contribution is 2.31. The predicted octanol–water partition coefficient (Wildman–Crippen LogP) is 3.90. The molecular formula is C29H35N5O2.